The molecular weight excluding hydrogens is 485 g/mol. The summed E-state index contributed by atoms with van der Waals surface area (Å²) in [6, 6.07) is 10.9. The molecule has 0 atom stereocenters. The van der Waals surface area contributed by atoms with E-state index < -0.39 is 25.8 Å². The van der Waals surface area contributed by atoms with E-state index in [4.69, 9.17) is 4.74 Å². The van der Waals surface area contributed by atoms with Crippen LogP contribution in [-0.2, 0) is 25.0 Å². The minimum Gasteiger partial charge on any atom is -0.426 e. The highest BCUT2D eigenvalue weighted by molar-refractivity contribution is 8.04. The fourth-order valence-corrected chi connectivity index (χ4v) is 5.55. The fourth-order valence-electron chi connectivity index (χ4n) is 3.84. The molecular formula is C26H32NO6PS. The third-order valence-electron chi connectivity index (χ3n) is 5.43. The Morgan fingerprint density at radius 2 is 1.60 bits per heavy atom. The summed E-state index contributed by atoms with van der Waals surface area (Å²) in [5.74, 6) is -0.360. The number of nitrogens with zero attached hydrogens (tertiary/aromatic N) is 1. The van der Waals surface area contributed by atoms with Crippen molar-refractivity contribution in [3.05, 3.63) is 58.0 Å². The molecule has 0 spiro atoms. The molecule has 7 nitrogen and oxygen atoms in total. The van der Waals surface area contributed by atoms with Crippen LogP contribution in [0.3, 0.4) is 0 Å². The first-order valence-corrected chi connectivity index (χ1v) is 13.8. The third-order valence-corrected chi connectivity index (χ3v) is 7.16. The van der Waals surface area contributed by atoms with Gasteiger partial charge in [-0.15, -0.1) is 0 Å². The van der Waals surface area contributed by atoms with E-state index in [2.05, 4.69) is 0 Å². The van der Waals surface area contributed by atoms with Crippen molar-refractivity contribution < 1.29 is 28.7 Å². The van der Waals surface area contributed by atoms with Crippen molar-refractivity contribution in [1.29, 1.82) is 0 Å². The van der Waals surface area contributed by atoms with Gasteiger partial charge in [0.25, 0.3) is 5.91 Å². The van der Waals surface area contributed by atoms with Gasteiger partial charge < -0.3 is 14.5 Å². The second-order valence-corrected chi connectivity index (χ2v) is 13.4. The van der Waals surface area contributed by atoms with E-state index >= 15 is 0 Å². The van der Waals surface area contributed by atoms with Gasteiger partial charge in [-0.25, -0.2) is 0 Å². The number of hydrogen-bond donors (Lipinski definition) is 2. The topological polar surface area (TPSA) is 104 Å². The van der Waals surface area contributed by atoms with E-state index in [1.165, 1.54) is 18.7 Å². The number of carbonyl (C=O) groups excluding carboxylic acids is 2. The monoisotopic (exact) mass is 517 g/mol. The summed E-state index contributed by atoms with van der Waals surface area (Å²) in [6.07, 6.45) is 1.03. The van der Waals surface area contributed by atoms with Gasteiger partial charge in [-0.1, -0.05) is 65.4 Å². The Bertz CT molecular complexity index is 1210. The Balaban J connectivity index is 2.22. The average molecular weight is 518 g/mol. The van der Waals surface area contributed by atoms with Crippen molar-refractivity contribution in [1.82, 2.24) is 0 Å². The van der Waals surface area contributed by atoms with Gasteiger partial charge in [-0.05, 0) is 46.7 Å². The molecule has 1 aliphatic heterocycles. The highest BCUT2D eigenvalue weighted by atomic mass is 32.2. The van der Waals surface area contributed by atoms with E-state index in [1.54, 1.807) is 18.2 Å². The lowest BCUT2D eigenvalue weighted by Crippen LogP contribution is -2.35. The highest BCUT2D eigenvalue weighted by Crippen LogP contribution is 2.47. The summed E-state index contributed by atoms with van der Waals surface area (Å²) in [5.41, 5.74) is 2.14. The highest BCUT2D eigenvalue weighted by Gasteiger charge is 2.34. The molecule has 0 saturated carbocycles. The zero-order valence-corrected chi connectivity index (χ0v) is 22.8. The van der Waals surface area contributed by atoms with Crippen LogP contribution in [-0.4, -0.2) is 27.9 Å². The molecule has 1 amide bonds. The predicted octanol–water partition coefficient (Wildman–Crippen LogP) is 5.82. The molecule has 0 bridgehead atoms. The number of thioether (sulfide) groups is 1. The Morgan fingerprint density at radius 3 is 2.09 bits per heavy atom. The molecule has 2 N–H and O–H groups in total. The van der Waals surface area contributed by atoms with Gasteiger partial charge in [0.2, 0.25) is 0 Å². The molecule has 0 radical (unpaired) electrons. The second-order valence-electron chi connectivity index (χ2n) is 10.7. The number of benzene rings is 2. The van der Waals surface area contributed by atoms with Crippen molar-refractivity contribution >= 4 is 43.0 Å². The van der Waals surface area contributed by atoms with Crippen molar-refractivity contribution in [2.75, 3.05) is 11.2 Å². The first-order valence-electron chi connectivity index (χ1n) is 11.2. The number of rotatable bonds is 4. The number of carbonyl (C=O) groups is 2. The van der Waals surface area contributed by atoms with Crippen LogP contribution in [0.25, 0.3) is 6.08 Å². The Hall–Kier alpha value is -2.38. The van der Waals surface area contributed by atoms with Crippen molar-refractivity contribution in [3.63, 3.8) is 0 Å². The molecule has 2 aromatic rings. The van der Waals surface area contributed by atoms with Crippen LogP contribution in [0.1, 0.15) is 65.2 Å². The number of hydrogen-bond acceptors (Lipinski definition) is 5. The summed E-state index contributed by atoms with van der Waals surface area (Å²) in [5, 5.41) is 0. The normalized spacial score (nSPS) is 15.9. The number of anilines is 1. The molecule has 188 valence electrons. The van der Waals surface area contributed by atoms with Crippen LogP contribution >= 0.6 is 19.4 Å². The van der Waals surface area contributed by atoms with Crippen LogP contribution in [0.2, 0.25) is 0 Å². The van der Waals surface area contributed by atoms with Crippen molar-refractivity contribution in [2.45, 2.75) is 64.2 Å². The average Bonchev–Trinajstić information content (AvgIpc) is 2.69. The maximum atomic E-state index is 13.4. The molecule has 0 aromatic heterocycles. The zero-order chi connectivity index (χ0) is 26.3. The molecule has 1 aliphatic rings. The summed E-state index contributed by atoms with van der Waals surface area (Å²) < 4.78 is 17.5. The molecule has 0 unspecified atom stereocenters. The first-order chi connectivity index (χ1) is 16.0. The van der Waals surface area contributed by atoms with Gasteiger partial charge in [0.1, 0.15) is 12.0 Å². The molecule has 0 fully saturated rings. The maximum Gasteiger partial charge on any atom is 0.345 e. The van der Waals surface area contributed by atoms with Crippen LogP contribution in [0.4, 0.5) is 5.69 Å². The standard InChI is InChI=1S/C26H32NO6PS/c1-16(28)33-23-18(25(2,3)4)12-17(13-19(23)26(5,6)7)14-22-24(29)27(15-34(30,31)32)20-10-8-9-11-21(20)35-22/h8-14H,15H2,1-7H3,(H2,30,31,32)/b22-14-. The van der Waals surface area contributed by atoms with Gasteiger partial charge in [-0.3, -0.25) is 19.1 Å². The van der Waals surface area contributed by atoms with E-state index in [9.17, 15) is 23.9 Å². The third kappa shape index (κ3) is 6.44. The van der Waals surface area contributed by atoms with Gasteiger partial charge >= 0.3 is 13.6 Å². The summed E-state index contributed by atoms with van der Waals surface area (Å²) in [4.78, 5) is 46.7. The SMILES string of the molecule is CC(=O)Oc1c(C(C)(C)C)cc(/C=C2\Sc3ccccc3N(CP(=O)(O)O)C2=O)cc1C(C)(C)C. The fraction of sp³-hybridized carbons (Fsp3) is 0.385. The lowest BCUT2D eigenvalue weighted by molar-refractivity contribution is -0.132. The van der Waals surface area contributed by atoms with Crippen LogP contribution in [0.15, 0.2) is 46.2 Å². The lowest BCUT2D eigenvalue weighted by atomic mass is 9.78. The maximum absolute atomic E-state index is 13.4. The van der Waals surface area contributed by atoms with Crippen LogP contribution in [0, 0.1) is 0 Å². The van der Waals surface area contributed by atoms with Gasteiger partial charge in [0.05, 0.1) is 10.6 Å². The minimum atomic E-state index is -4.50. The molecule has 0 aliphatic carbocycles. The first kappa shape index (κ1) is 27.2. The number of fused-ring (bicyclic) bond motifs is 1. The van der Waals surface area contributed by atoms with Crippen molar-refractivity contribution in [3.8, 4) is 5.75 Å². The smallest absolute Gasteiger partial charge is 0.345 e. The van der Waals surface area contributed by atoms with Gasteiger partial charge in [-0.2, -0.15) is 0 Å². The molecule has 9 heteroatoms. The van der Waals surface area contributed by atoms with Crippen molar-refractivity contribution in [2.24, 2.45) is 0 Å². The lowest BCUT2D eigenvalue weighted by Gasteiger charge is -2.31. The summed E-state index contributed by atoms with van der Waals surface area (Å²) in [7, 11) is -4.50. The molecule has 3 rings (SSSR count). The van der Waals surface area contributed by atoms with E-state index in [0.29, 0.717) is 16.3 Å². The predicted molar refractivity (Wildman–Crippen MR) is 140 cm³/mol. The molecule has 1 heterocycles. The van der Waals surface area contributed by atoms with Gasteiger partial charge in [0, 0.05) is 22.9 Å². The molecule has 2 aromatic carbocycles. The van der Waals surface area contributed by atoms with E-state index in [1.807, 2.05) is 65.8 Å². The number of ether oxygens (including phenoxy) is 1. The Kier molecular flexibility index (Phi) is 7.45. The number of esters is 1. The quantitative estimate of drug-likeness (QED) is 0.228. The Morgan fingerprint density at radius 1 is 1.06 bits per heavy atom. The molecule has 35 heavy (non-hydrogen) atoms. The number of para-hydroxylation sites is 1. The van der Waals surface area contributed by atoms with Gasteiger partial charge in [0.15, 0.2) is 0 Å². The van der Waals surface area contributed by atoms with E-state index in [-0.39, 0.29) is 10.8 Å². The van der Waals surface area contributed by atoms with E-state index in [0.717, 1.165) is 26.5 Å². The minimum absolute atomic E-state index is 0.345. The van der Waals surface area contributed by atoms with Crippen LogP contribution in [0.5, 0.6) is 5.75 Å². The summed E-state index contributed by atoms with van der Waals surface area (Å²) >= 11 is 1.26. The summed E-state index contributed by atoms with van der Waals surface area (Å²) in [6.45, 7) is 13.5. The zero-order valence-electron chi connectivity index (χ0n) is 21.1. The Labute approximate surface area is 210 Å². The largest absolute Gasteiger partial charge is 0.426 e. The van der Waals surface area contributed by atoms with Crippen LogP contribution < -0.4 is 9.64 Å². The second kappa shape index (κ2) is 9.58. The number of amides is 1. The molecule has 0 saturated heterocycles.